The highest BCUT2D eigenvalue weighted by atomic mass is 127. The molecule has 0 fully saturated rings. The minimum absolute atomic E-state index is 0. The zero-order valence-corrected chi connectivity index (χ0v) is 20.8. The van der Waals surface area contributed by atoms with Gasteiger partial charge >= 0.3 is 0 Å². The number of rotatable bonds is 8. The lowest BCUT2D eigenvalue weighted by molar-refractivity contribution is -0.384. The van der Waals surface area contributed by atoms with Crippen LogP contribution >= 0.6 is 24.0 Å². The van der Waals surface area contributed by atoms with E-state index in [4.69, 9.17) is 9.47 Å². The van der Waals surface area contributed by atoms with E-state index in [9.17, 15) is 10.1 Å². The number of halogens is 1. The molecule has 178 valence electrons. The number of benzene rings is 2. The van der Waals surface area contributed by atoms with Crippen LogP contribution in [0.15, 0.2) is 71.9 Å². The van der Waals surface area contributed by atoms with Gasteiger partial charge in [0, 0.05) is 24.9 Å². The van der Waals surface area contributed by atoms with E-state index in [1.807, 2.05) is 36.4 Å². The highest BCUT2D eigenvalue weighted by Gasteiger charge is 2.11. The standard InChI is InChI=1S/C24H25N5O4.HI/c30-29(31)21-7-4-19(5-8-21)16-27-24(28-17-20-3-1-2-11-25-20)26-12-10-18-6-9-22-23(15-18)33-14-13-32-22;/h1-9,11,15H,10,12-14,16-17H2,(H2,26,27,28);1H. The molecule has 0 spiro atoms. The van der Waals surface area contributed by atoms with Crippen molar-refractivity contribution in [1.82, 2.24) is 15.6 Å². The minimum Gasteiger partial charge on any atom is -0.486 e. The third kappa shape index (κ3) is 7.30. The molecule has 9 nitrogen and oxygen atoms in total. The fraction of sp³-hybridized carbons (Fsp3) is 0.250. The second-order valence-corrected chi connectivity index (χ2v) is 7.42. The predicted molar refractivity (Wildman–Crippen MR) is 140 cm³/mol. The van der Waals surface area contributed by atoms with Crippen LogP contribution in [0.5, 0.6) is 11.5 Å². The molecule has 0 aliphatic carbocycles. The average Bonchev–Trinajstić information content (AvgIpc) is 2.86. The SMILES string of the molecule is I.O=[N+]([O-])c1ccc(CN=C(NCCc2ccc3c(c2)OCCO3)NCc2ccccn2)cc1. The second-order valence-electron chi connectivity index (χ2n) is 7.42. The topological polar surface area (TPSA) is 111 Å². The number of aromatic nitrogens is 1. The molecule has 0 amide bonds. The Hall–Kier alpha value is -3.41. The molecule has 0 atom stereocenters. The highest BCUT2D eigenvalue weighted by Crippen LogP contribution is 2.30. The number of hydrogen-bond acceptors (Lipinski definition) is 6. The number of nitro groups is 1. The zero-order valence-electron chi connectivity index (χ0n) is 18.5. The zero-order chi connectivity index (χ0) is 22.9. The van der Waals surface area contributed by atoms with E-state index < -0.39 is 4.92 Å². The molecular formula is C24H26IN5O4. The number of nitrogens with one attached hydrogen (secondary N) is 2. The van der Waals surface area contributed by atoms with Crippen LogP contribution < -0.4 is 20.1 Å². The molecule has 0 saturated heterocycles. The first kappa shape index (κ1) is 25.2. The Kier molecular flexibility index (Phi) is 9.44. The molecule has 3 aromatic rings. The van der Waals surface area contributed by atoms with Crippen molar-refractivity contribution in [2.75, 3.05) is 19.8 Å². The number of nitro benzene ring substituents is 1. The van der Waals surface area contributed by atoms with Crippen LogP contribution in [0.1, 0.15) is 16.8 Å². The molecule has 1 aliphatic heterocycles. The van der Waals surface area contributed by atoms with Crippen molar-refractivity contribution >= 4 is 35.6 Å². The van der Waals surface area contributed by atoms with Crippen molar-refractivity contribution < 1.29 is 14.4 Å². The molecule has 2 aromatic carbocycles. The summed E-state index contributed by atoms with van der Waals surface area (Å²) in [6.07, 6.45) is 2.53. The largest absolute Gasteiger partial charge is 0.486 e. The molecule has 4 rings (SSSR count). The van der Waals surface area contributed by atoms with Crippen LogP contribution in [0.4, 0.5) is 5.69 Å². The molecule has 1 aliphatic rings. The monoisotopic (exact) mass is 575 g/mol. The molecule has 34 heavy (non-hydrogen) atoms. The number of aliphatic imine (C=N–C) groups is 1. The highest BCUT2D eigenvalue weighted by molar-refractivity contribution is 14.0. The molecular weight excluding hydrogens is 549 g/mol. The maximum absolute atomic E-state index is 10.9. The van der Waals surface area contributed by atoms with Gasteiger partial charge < -0.3 is 20.1 Å². The lowest BCUT2D eigenvalue weighted by Crippen LogP contribution is -2.38. The summed E-state index contributed by atoms with van der Waals surface area (Å²) in [5.41, 5.74) is 2.97. The van der Waals surface area contributed by atoms with E-state index in [-0.39, 0.29) is 29.7 Å². The van der Waals surface area contributed by atoms with Crippen LogP contribution in [-0.2, 0) is 19.5 Å². The second kappa shape index (κ2) is 12.7. The van der Waals surface area contributed by atoms with Gasteiger partial charge in [0.05, 0.1) is 23.7 Å². The van der Waals surface area contributed by atoms with Crippen molar-refractivity contribution in [3.63, 3.8) is 0 Å². The van der Waals surface area contributed by atoms with Crippen LogP contribution in [0, 0.1) is 10.1 Å². The molecule has 1 aromatic heterocycles. The van der Waals surface area contributed by atoms with Gasteiger partial charge in [-0.3, -0.25) is 15.1 Å². The summed E-state index contributed by atoms with van der Waals surface area (Å²) < 4.78 is 11.2. The third-order valence-electron chi connectivity index (χ3n) is 5.04. The average molecular weight is 575 g/mol. The van der Waals surface area contributed by atoms with Crippen LogP contribution in [0.25, 0.3) is 0 Å². The normalized spacial score (nSPS) is 12.4. The Balaban J connectivity index is 0.00000324. The third-order valence-corrected chi connectivity index (χ3v) is 5.04. The first-order valence-electron chi connectivity index (χ1n) is 10.7. The Morgan fingerprint density at radius 3 is 2.50 bits per heavy atom. The lowest BCUT2D eigenvalue weighted by atomic mass is 10.1. The van der Waals surface area contributed by atoms with E-state index in [1.165, 1.54) is 12.1 Å². The number of fused-ring (bicyclic) bond motifs is 1. The van der Waals surface area contributed by atoms with Gasteiger partial charge in [-0.25, -0.2) is 4.99 Å². The number of pyridine rings is 1. The Bertz CT molecular complexity index is 1110. The lowest BCUT2D eigenvalue weighted by Gasteiger charge is -2.19. The fourth-order valence-corrected chi connectivity index (χ4v) is 3.31. The number of ether oxygens (including phenoxy) is 2. The predicted octanol–water partition coefficient (Wildman–Crippen LogP) is 3.86. The van der Waals surface area contributed by atoms with E-state index in [0.29, 0.717) is 38.8 Å². The van der Waals surface area contributed by atoms with E-state index >= 15 is 0 Å². The van der Waals surface area contributed by atoms with E-state index in [1.54, 1.807) is 18.3 Å². The van der Waals surface area contributed by atoms with Gasteiger partial charge in [0.2, 0.25) is 0 Å². The van der Waals surface area contributed by atoms with Crippen molar-refractivity contribution in [2.45, 2.75) is 19.5 Å². The smallest absolute Gasteiger partial charge is 0.269 e. The van der Waals surface area contributed by atoms with E-state index in [2.05, 4.69) is 20.6 Å². The van der Waals surface area contributed by atoms with Crippen molar-refractivity contribution in [2.24, 2.45) is 4.99 Å². The summed E-state index contributed by atoms with van der Waals surface area (Å²) in [6.45, 7) is 2.71. The number of guanidine groups is 1. The van der Waals surface area contributed by atoms with Gasteiger partial charge in [0.15, 0.2) is 17.5 Å². The summed E-state index contributed by atoms with van der Waals surface area (Å²) >= 11 is 0. The first-order chi connectivity index (χ1) is 16.2. The Labute approximate surface area is 214 Å². The van der Waals surface area contributed by atoms with Crippen molar-refractivity contribution in [3.8, 4) is 11.5 Å². The van der Waals surface area contributed by atoms with Gasteiger partial charge in [0.1, 0.15) is 13.2 Å². The quantitative estimate of drug-likeness (QED) is 0.138. The molecule has 0 saturated carbocycles. The van der Waals surface area contributed by atoms with Crippen LogP contribution in [0.3, 0.4) is 0 Å². The number of non-ortho nitro benzene ring substituents is 1. The summed E-state index contributed by atoms with van der Waals surface area (Å²) in [5.74, 6) is 2.19. The van der Waals surface area contributed by atoms with Gasteiger partial charge in [0.25, 0.3) is 5.69 Å². The number of nitrogens with zero attached hydrogens (tertiary/aromatic N) is 3. The maximum atomic E-state index is 10.9. The van der Waals surface area contributed by atoms with Gasteiger partial charge in [-0.05, 0) is 41.8 Å². The minimum atomic E-state index is -0.410. The van der Waals surface area contributed by atoms with Crippen LogP contribution in [-0.4, -0.2) is 35.6 Å². The van der Waals surface area contributed by atoms with Gasteiger partial charge in [-0.15, -0.1) is 24.0 Å². The Morgan fingerprint density at radius 2 is 1.76 bits per heavy atom. The fourth-order valence-electron chi connectivity index (χ4n) is 3.31. The van der Waals surface area contributed by atoms with Gasteiger partial charge in [-0.1, -0.05) is 24.3 Å². The molecule has 0 bridgehead atoms. The van der Waals surface area contributed by atoms with Crippen molar-refractivity contribution in [3.05, 3.63) is 93.8 Å². The molecule has 0 radical (unpaired) electrons. The maximum Gasteiger partial charge on any atom is 0.269 e. The first-order valence-corrected chi connectivity index (χ1v) is 10.7. The van der Waals surface area contributed by atoms with Gasteiger partial charge in [-0.2, -0.15) is 0 Å². The Morgan fingerprint density at radius 1 is 1.00 bits per heavy atom. The van der Waals surface area contributed by atoms with Crippen LogP contribution in [0.2, 0.25) is 0 Å². The summed E-state index contributed by atoms with van der Waals surface area (Å²) in [7, 11) is 0. The van der Waals surface area contributed by atoms with Crippen molar-refractivity contribution in [1.29, 1.82) is 0 Å². The molecule has 2 N–H and O–H groups in total. The number of hydrogen-bond donors (Lipinski definition) is 2. The molecule has 10 heteroatoms. The summed E-state index contributed by atoms with van der Waals surface area (Å²) in [4.78, 5) is 19.4. The summed E-state index contributed by atoms with van der Waals surface area (Å²) in [6, 6.07) is 18.1. The summed E-state index contributed by atoms with van der Waals surface area (Å²) in [5, 5.41) is 17.5. The molecule has 2 heterocycles. The molecule has 0 unspecified atom stereocenters. The van der Waals surface area contributed by atoms with E-state index in [0.717, 1.165) is 34.7 Å².